The van der Waals surface area contributed by atoms with Gasteiger partial charge in [0.15, 0.2) is 12.4 Å². The summed E-state index contributed by atoms with van der Waals surface area (Å²) in [6.07, 6.45) is 3.69. The Morgan fingerprint density at radius 2 is 1.80 bits per heavy atom. The van der Waals surface area contributed by atoms with Crippen LogP contribution in [0.5, 0.6) is 0 Å². The zero-order valence-electron chi connectivity index (χ0n) is 7.91. The van der Waals surface area contributed by atoms with Gasteiger partial charge in [-0.2, -0.15) is 4.57 Å². The van der Waals surface area contributed by atoms with Crippen LogP contribution in [0.25, 0.3) is 5.69 Å². The monoisotopic (exact) mass is 201 g/mol. The topological polar surface area (TPSA) is 47.0 Å². The average molecular weight is 201 g/mol. The van der Waals surface area contributed by atoms with Gasteiger partial charge in [0.25, 0.3) is 5.69 Å². The highest BCUT2D eigenvalue weighted by molar-refractivity contribution is 5.38. The number of non-ortho nitro benzene ring substituents is 1. The van der Waals surface area contributed by atoms with Crippen molar-refractivity contribution < 1.29 is 9.49 Å². The molecule has 1 heterocycles. The number of benzene rings is 1. The molecule has 0 fully saturated rings. The molecular formula is C11H9N2O2+. The molecule has 4 heteroatoms. The fourth-order valence-electron chi connectivity index (χ4n) is 1.34. The number of nitro groups is 1. The lowest BCUT2D eigenvalue weighted by molar-refractivity contribution is -0.596. The summed E-state index contributed by atoms with van der Waals surface area (Å²) in [6, 6.07) is 12.2. The molecule has 0 saturated carbocycles. The van der Waals surface area contributed by atoms with Crippen LogP contribution in [0.15, 0.2) is 54.9 Å². The van der Waals surface area contributed by atoms with E-state index >= 15 is 0 Å². The molecule has 0 bridgehead atoms. The van der Waals surface area contributed by atoms with Crippen molar-refractivity contribution in [3.63, 3.8) is 0 Å². The maximum atomic E-state index is 10.6. The van der Waals surface area contributed by atoms with Crippen molar-refractivity contribution in [1.29, 1.82) is 0 Å². The molecule has 74 valence electrons. The molecule has 0 aliphatic heterocycles. The zero-order valence-corrected chi connectivity index (χ0v) is 7.91. The van der Waals surface area contributed by atoms with Crippen LogP contribution >= 0.6 is 0 Å². The highest BCUT2D eigenvalue weighted by atomic mass is 16.6. The number of nitro benzene ring substituents is 1. The lowest BCUT2D eigenvalue weighted by Crippen LogP contribution is -2.28. The maximum Gasteiger partial charge on any atom is 0.276 e. The van der Waals surface area contributed by atoms with Crippen LogP contribution in [0, 0.1) is 10.1 Å². The maximum absolute atomic E-state index is 10.6. The zero-order chi connectivity index (χ0) is 10.7. The van der Waals surface area contributed by atoms with E-state index in [1.165, 1.54) is 6.07 Å². The molecule has 0 aliphatic rings. The molecule has 15 heavy (non-hydrogen) atoms. The Kier molecular flexibility index (Phi) is 2.41. The number of rotatable bonds is 2. The van der Waals surface area contributed by atoms with E-state index in [9.17, 15) is 10.1 Å². The Balaban J connectivity index is 2.46. The number of hydrogen-bond donors (Lipinski definition) is 0. The first-order valence-electron chi connectivity index (χ1n) is 4.48. The van der Waals surface area contributed by atoms with Crippen molar-refractivity contribution in [3.8, 4) is 5.69 Å². The Morgan fingerprint density at radius 1 is 1.07 bits per heavy atom. The van der Waals surface area contributed by atoms with E-state index in [-0.39, 0.29) is 5.69 Å². The third-order valence-electron chi connectivity index (χ3n) is 2.05. The van der Waals surface area contributed by atoms with Crippen LogP contribution in [-0.4, -0.2) is 4.92 Å². The van der Waals surface area contributed by atoms with E-state index in [2.05, 4.69) is 0 Å². The normalized spacial score (nSPS) is 9.87. The third-order valence-corrected chi connectivity index (χ3v) is 2.05. The summed E-state index contributed by atoms with van der Waals surface area (Å²) in [4.78, 5) is 10.2. The quantitative estimate of drug-likeness (QED) is 0.423. The number of aromatic nitrogens is 1. The Hall–Kier alpha value is -2.23. The molecule has 0 saturated heterocycles. The minimum Gasteiger partial charge on any atom is -0.258 e. The highest BCUT2D eigenvalue weighted by Gasteiger charge is 2.10. The molecule has 0 atom stereocenters. The van der Waals surface area contributed by atoms with Gasteiger partial charge in [-0.3, -0.25) is 10.1 Å². The Labute approximate surface area is 86.6 Å². The Morgan fingerprint density at radius 3 is 2.47 bits per heavy atom. The standard InChI is InChI=1S/C11H9N2O2/c14-13(15)11-6-4-5-10(9-11)12-7-2-1-3-8-12/h1-9H/q+1. The van der Waals surface area contributed by atoms with E-state index < -0.39 is 4.92 Å². The van der Waals surface area contributed by atoms with Gasteiger partial charge >= 0.3 is 0 Å². The molecule has 0 aliphatic carbocycles. The first-order chi connectivity index (χ1) is 7.27. The largest absolute Gasteiger partial charge is 0.276 e. The fraction of sp³-hybridized carbons (Fsp3) is 0. The smallest absolute Gasteiger partial charge is 0.258 e. The number of pyridine rings is 1. The summed E-state index contributed by atoms with van der Waals surface area (Å²) in [6.45, 7) is 0. The van der Waals surface area contributed by atoms with Gasteiger partial charge in [-0.1, -0.05) is 6.07 Å². The van der Waals surface area contributed by atoms with E-state index in [0.29, 0.717) is 0 Å². The summed E-state index contributed by atoms with van der Waals surface area (Å²) in [5.74, 6) is 0. The summed E-state index contributed by atoms with van der Waals surface area (Å²) in [5.41, 5.74) is 0.883. The van der Waals surface area contributed by atoms with E-state index in [0.717, 1.165) is 5.69 Å². The molecule has 0 radical (unpaired) electrons. The van der Waals surface area contributed by atoms with Crippen molar-refractivity contribution >= 4 is 5.69 Å². The summed E-state index contributed by atoms with van der Waals surface area (Å²) in [5, 5.41) is 10.6. The van der Waals surface area contributed by atoms with Crippen molar-refractivity contribution in [2.24, 2.45) is 0 Å². The third kappa shape index (κ3) is 1.99. The van der Waals surface area contributed by atoms with Crippen LogP contribution in [0.1, 0.15) is 0 Å². The summed E-state index contributed by atoms with van der Waals surface area (Å²) in [7, 11) is 0. The molecule has 0 spiro atoms. The van der Waals surface area contributed by atoms with Gasteiger partial charge < -0.3 is 0 Å². The predicted octanol–water partition coefficient (Wildman–Crippen LogP) is 1.87. The van der Waals surface area contributed by atoms with Crippen molar-refractivity contribution in [2.75, 3.05) is 0 Å². The molecule has 2 aromatic rings. The second-order valence-corrected chi connectivity index (χ2v) is 3.06. The van der Waals surface area contributed by atoms with Crippen molar-refractivity contribution in [1.82, 2.24) is 0 Å². The van der Waals surface area contributed by atoms with Gasteiger partial charge in [-0.05, 0) is 6.07 Å². The lowest BCUT2D eigenvalue weighted by atomic mass is 10.3. The highest BCUT2D eigenvalue weighted by Crippen LogP contribution is 2.12. The van der Waals surface area contributed by atoms with Gasteiger partial charge in [-0.25, -0.2) is 0 Å². The first-order valence-corrected chi connectivity index (χ1v) is 4.48. The van der Waals surface area contributed by atoms with Crippen LogP contribution in [0.3, 0.4) is 0 Å². The molecule has 0 unspecified atom stereocenters. The molecular weight excluding hydrogens is 192 g/mol. The molecule has 1 aromatic carbocycles. The van der Waals surface area contributed by atoms with E-state index in [4.69, 9.17) is 0 Å². The second-order valence-electron chi connectivity index (χ2n) is 3.06. The molecule has 0 amide bonds. The van der Waals surface area contributed by atoms with Crippen molar-refractivity contribution in [2.45, 2.75) is 0 Å². The van der Waals surface area contributed by atoms with Crippen LogP contribution in [0.4, 0.5) is 5.69 Å². The van der Waals surface area contributed by atoms with E-state index in [1.807, 2.05) is 41.2 Å². The number of hydrogen-bond acceptors (Lipinski definition) is 2. The van der Waals surface area contributed by atoms with Gasteiger partial charge in [0, 0.05) is 24.3 Å². The molecule has 4 nitrogen and oxygen atoms in total. The Bertz CT molecular complexity index is 483. The predicted molar refractivity (Wildman–Crippen MR) is 54.6 cm³/mol. The van der Waals surface area contributed by atoms with Gasteiger partial charge in [-0.15, -0.1) is 0 Å². The van der Waals surface area contributed by atoms with Crippen LogP contribution < -0.4 is 4.57 Å². The summed E-state index contributed by atoms with van der Waals surface area (Å²) >= 11 is 0. The van der Waals surface area contributed by atoms with Gasteiger partial charge in [0.1, 0.15) is 0 Å². The van der Waals surface area contributed by atoms with Crippen molar-refractivity contribution in [3.05, 3.63) is 65.0 Å². The molecule has 1 aromatic heterocycles. The number of nitrogens with zero attached hydrogens (tertiary/aromatic N) is 2. The minimum atomic E-state index is -0.396. The fourth-order valence-corrected chi connectivity index (χ4v) is 1.34. The summed E-state index contributed by atoms with van der Waals surface area (Å²) < 4.78 is 1.83. The van der Waals surface area contributed by atoms with Gasteiger partial charge in [0.2, 0.25) is 5.69 Å². The second kappa shape index (κ2) is 3.88. The SMILES string of the molecule is O=[N+]([O-])c1cccc(-[n+]2ccccc2)c1. The molecule has 0 N–H and O–H groups in total. The first kappa shape index (κ1) is 9.33. The van der Waals surface area contributed by atoms with Gasteiger partial charge in [0.05, 0.1) is 11.0 Å². The lowest BCUT2D eigenvalue weighted by Gasteiger charge is -1.94. The van der Waals surface area contributed by atoms with Crippen LogP contribution in [0.2, 0.25) is 0 Å². The minimum absolute atomic E-state index is 0.101. The molecule has 2 rings (SSSR count). The van der Waals surface area contributed by atoms with E-state index in [1.54, 1.807) is 12.1 Å². The van der Waals surface area contributed by atoms with Crippen LogP contribution in [-0.2, 0) is 0 Å². The average Bonchev–Trinajstić information content (AvgIpc) is 2.30.